The van der Waals surface area contributed by atoms with Gasteiger partial charge in [0.25, 0.3) is 5.91 Å². The van der Waals surface area contributed by atoms with Crippen LogP contribution in [-0.2, 0) is 22.6 Å². The molecule has 3 aromatic carbocycles. The number of carbonyl (C=O) groups is 4. The molecule has 2 heterocycles. The summed E-state index contributed by atoms with van der Waals surface area (Å²) in [6, 6.07) is 16.3. The van der Waals surface area contributed by atoms with Gasteiger partial charge < -0.3 is 25.0 Å². The molecule has 1 aliphatic heterocycles. The Balaban J connectivity index is 1.42. The average molecular weight is 665 g/mol. The number of imide groups is 1. The molecule has 4 amide bonds. The number of aromatic nitrogens is 2. The number of unbranched alkanes of at least 4 members (excludes halogenated alkanes) is 1. The summed E-state index contributed by atoms with van der Waals surface area (Å²) in [7, 11) is 0. The number of ether oxygens (including phenoxy) is 1. The van der Waals surface area contributed by atoms with Crippen molar-refractivity contribution in [3.63, 3.8) is 0 Å². The monoisotopic (exact) mass is 663 g/mol. The molecule has 13 heteroatoms. The Bertz CT molecular complexity index is 1760. The number of imidazole rings is 1. The van der Waals surface area contributed by atoms with Crippen LogP contribution in [0.15, 0.2) is 72.9 Å². The van der Waals surface area contributed by atoms with Gasteiger partial charge in [-0.05, 0) is 73.0 Å². The molecule has 1 saturated heterocycles. The zero-order valence-corrected chi connectivity index (χ0v) is 26.3. The van der Waals surface area contributed by atoms with Crippen LogP contribution >= 0.6 is 23.2 Å². The number of urea groups is 1. The number of benzene rings is 3. The Labute approximate surface area is 274 Å². The maximum absolute atomic E-state index is 13.3. The van der Waals surface area contributed by atoms with E-state index in [2.05, 4.69) is 22.9 Å². The van der Waals surface area contributed by atoms with E-state index in [1.165, 1.54) is 12.1 Å². The lowest BCUT2D eigenvalue weighted by atomic mass is 10.0. The molecule has 4 N–H and O–H groups in total. The predicted molar refractivity (Wildman–Crippen MR) is 172 cm³/mol. The molecule has 0 spiro atoms. The molecule has 0 radical (unpaired) electrons. The maximum atomic E-state index is 13.3. The molecule has 0 bridgehead atoms. The highest BCUT2D eigenvalue weighted by molar-refractivity contribution is 6.36. The molecular weight excluding hydrogens is 633 g/mol. The van der Waals surface area contributed by atoms with Crippen molar-refractivity contribution in [1.29, 1.82) is 0 Å². The number of nitrogens with zero attached hydrogens (tertiary/aromatic N) is 2. The van der Waals surface area contributed by atoms with Crippen molar-refractivity contribution >= 4 is 47.0 Å². The number of aromatic carboxylic acids is 1. The van der Waals surface area contributed by atoms with Crippen LogP contribution in [0.1, 0.15) is 54.0 Å². The molecule has 46 heavy (non-hydrogen) atoms. The van der Waals surface area contributed by atoms with Gasteiger partial charge in [0, 0.05) is 23.3 Å². The molecule has 1 aliphatic rings. The summed E-state index contributed by atoms with van der Waals surface area (Å²) in [4.78, 5) is 53.1. The number of halogens is 2. The molecule has 0 aliphatic carbocycles. The quantitative estimate of drug-likeness (QED) is 0.125. The first-order valence-corrected chi connectivity index (χ1v) is 15.4. The van der Waals surface area contributed by atoms with E-state index in [4.69, 9.17) is 38.0 Å². The van der Waals surface area contributed by atoms with E-state index in [-0.39, 0.29) is 12.0 Å². The van der Waals surface area contributed by atoms with E-state index in [1.807, 2.05) is 22.9 Å². The van der Waals surface area contributed by atoms with E-state index in [0.717, 1.165) is 18.4 Å². The van der Waals surface area contributed by atoms with E-state index >= 15 is 0 Å². The molecule has 2 atom stereocenters. The van der Waals surface area contributed by atoms with Crippen molar-refractivity contribution in [3.8, 4) is 22.8 Å². The number of carboxylic acids is 1. The van der Waals surface area contributed by atoms with Crippen LogP contribution in [0.2, 0.25) is 10.0 Å². The third kappa shape index (κ3) is 8.04. The Hall–Kier alpha value is -4.87. The van der Waals surface area contributed by atoms with Crippen molar-refractivity contribution in [2.24, 2.45) is 0 Å². The van der Waals surface area contributed by atoms with Crippen LogP contribution in [0.3, 0.4) is 0 Å². The van der Waals surface area contributed by atoms with Crippen LogP contribution in [0.25, 0.3) is 11.3 Å². The molecule has 5 rings (SSSR count). The van der Waals surface area contributed by atoms with Crippen LogP contribution in [0, 0.1) is 0 Å². The fraction of sp³-hybridized carbons (Fsp3) is 0.242. The Morgan fingerprint density at radius 2 is 1.74 bits per heavy atom. The third-order valence-corrected chi connectivity index (χ3v) is 7.91. The van der Waals surface area contributed by atoms with Crippen LogP contribution in [-0.4, -0.2) is 44.5 Å². The second-order valence-electron chi connectivity index (χ2n) is 10.8. The van der Waals surface area contributed by atoms with E-state index < -0.39 is 35.9 Å². The third-order valence-electron chi connectivity index (χ3n) is 7.36. The van der Waals surface area contributed by atoms with Gasteiger partial charge >= 0.3 is 12.0 Å². The number of rotatable bonds is 13. The fourth-order valence-corrected chi connectivity index (χ4v) is 5.53. The van der Waals surface area contributed by atoms with Gasteiger partial charge in [0.15, 0.2) is 0 Å². The van der Waals surface area contributed by atoms with Gasteiger partial charge in [-0.25, -0.2) is 14.6 Å². The highest BCUT2D eigenvalue weighted by Crippen LogP contribution is 2.32. The largest absolute Gasteiger partial charge is 0.478 e. The van der Waals surface area contributed by atoms with Gasteiger partial charge in [-0.1, -0.05) is 48.7 Å². The lowest BCUT2D eigenvalue weighted by Gasteiger charge is -2.21. The first kappa shape index (κ1) is 32.5. The minimum atomic E-state index is -1.02. The fourth-order valence-electron chi connectivity index (χ4n) is 5.02. The summed E-state index contributed by atoms with van der Waals surface area (Å²) in [6.07, 6.45) is 3.80. The zero-order chi connectivity index (χ0) is 32.8. The second-order valence-corrected chi connectivity index (χ2v) is 11.6. The molecule has 4 aromatic rings. The van der Waals surface area contributed by atoms with E-state index in [1.54, 1.807) is 42.5 Å². The SMILES string of the molecule is CCCCn1cc(-c2ccc(Cl)cc2Cl)nc1[C@H](Cc1ccc(Oc2ccc(C(=O)O)cc2)cc1)NC(=O)CC1NC(=O)NC1=O. The minimum absolute atomic E-state index is 0.158. The Morgan fingerprint density at radius 1 is 1.04 bits per heavy atom. The number of amides is 4. The van der Waals surface area contributed by atoms with Gasteiger partial charge in [-0.3, -0.25) is 14.9 Å². The molecule has 1 aromatic heterocycles. The standard InChI is InChI=1S/C33H31Cl2N5O6/c1-2-3-14-40-18-28(24-13-8-21(34)16-25(24)35)37-30(40)26(36-29(41)17-27-31(42)39-33(45)38-27)15-19-4-9-22(10-5-19)46-23-11-6-20(7-12-23)32(43)44/h4-13,16,18,26-27H,2-3,14-15,17H2,1H3,(H,36,41)(H,43,44)(H2,38,39,42,45)/t26-,27?/m0/s1. The number of hydrogen-bond acceptors (Lipinski definition) is 6. The number of nitrogens with one attached hydrogen (secondary N) is 3. The van der Waals surface area contributed by atoms with Gasteiger partial charge in [-0.2, -0.15) is 0 Å². The molecule has 238 valence electrons. The maximum Gasteiger partial charge on any atom is 0.335 e. The van der Waals surface area contributed by atoms with Gasteiger partial charge in [-0.15, -0.1) is 0 Å². The highest BCUT2D eigenvalue weighted by Gasteiger charge is 2.32. The van der Waals surface area contributed by atoms with Gasteiger partial charge in [0.2, 0.25) is 5.91 Å². The number of carboxylic acid groups (broad SMARTS) is 1. The molecular formula is C33H31Cl2N5O6. The molecule has 11 nitrogen and oxygen atoms in total. The molecule has 1 unspecified atom stereocenters. The topological polar surface area (TPSA) is 152 Å². The zero-order valence-electron chi connectivity index (χ0n) is 24.8. The smallest absolute Gasteiger partial charge is 0.335 e. The summed E-state index contributed by atoms with van der Waals surface area (Å²) in [5.41, 5.74) is 2.33. The lowest BCUT2D eigenvalue weighted by Crippen LogP contribution is -2.38. The normalized spacial score (nSPS) is 14.8. The van der Waals surface area contributed by atoms with Gasteiger partial charge in [0.05, 0.1) is 28.7 Å². The van der Waals surface area contributed by atoms with Crippen molar-refractivity contribution in [1.82, 2.24) is 25.5 Å². The summed E-state index contributed by atoms with van der Waals surface area (Å²) < 4.78 is 7.87. The lowest BCUT2D eigenvalue weighted by molar-refractivity contribution is -0.126. The molecule has 0 saturated carbocycles. The number of aryl methyl sites for hydroxylation is 1. The van der Waals surface area contributed by atoms with Crippen molar-refractivity contribution < 1.29 is 29.0 Å². The predicted octanol–water partition coefficient (Wildman–Crippen LogP) is 6.15. The number of hydrogen-bond donors (Lipinski definition) is 4. The minimum Gasteiger partial charge on any atom is -0.478 e. The van der Waals surface area contributed by atoms with E-state index in [0.29, 0.717) is 51.6 Å². The summed E-state index contributed by atoms with van der Waals surface area (Å²) >= 11 is 12.7. The van der Waals surface area contributed by atoms with Crippen molar-refractivity contribution in [2.45, 2.75) is 51.2 Å². The Morgan fingerprint density at radius 3 is 2.35 bits per heavy atom. The van der Waals surface area contributed by atoms with Crippen LogP contribution < -0.4 is 20.7 Å². The average Bonchev–Trinajstić information content (AvgIpc) is 3.58. The molecule has 1 fully saturated rings. The van der Waals surface area contributed by atoms with Crippen molar-refractivity contribution in [3.05, 3.63) is 99.9 Å². The van der Waals surface area contributed by atoms with Crippen LogP contribution in [0.4, 0.5) is 4.79 Å². The van der Waals surface area contributed by atoms with Gasteiger partial charge in [0.1, 0.15) is 23.4 Å². The second kappa shape index (κ2) is 14.5. The highest BCUT2D eigenvalue weighted by atomic mass is 35.5. The first-order valence-electron chi connectivity index (χ1n) is 14.6. The van der Waals surface area contributed by atoms with Crippen molar-refractivity contribution in [2.75, 3.05) is 0 Å². The first-order chi connectivity index (χ1) is 22.1. The summed E-state index contributed by atoms with van der Waals surface area (Å²) in [6.45, 7) is 2.73. The summed E-state index contributed by atoms with van der Waals surface area (Å²) in [5, 5.41) is 17.7. The number of carbonyl (C=O) groups excluding carboxylic acids is 3. The van der Waals surface area contributed by atoms with Crippen LogP contribution in [0.5, 0.6) is 11.5 Å². The Kier molecular flexibility index (Phi) is 10.2. The van der Waals surface area contributed by atoms with E-state index in [9.17, 15) is 19.2 Å². The summed E-state index contributed by atoms with van der Waals surface area (Å²) in [5.74, 6) is -0.395.